The van der Waals surface area contributed by atoms with Crippen LogP contribution in [0.2, 0.25) is 0 Å². The predicted molar refractivity (Wildman–Crippen MR) is 209 cm³/mol. The van der Waals surface area contributed by atoms with Gasteiger partial charge in [0.05, 0.1) is 23.9 Å². The van der Waals surface area contributed by atoms with E-state index in [2.05, 4.69) is 20.3 Å². The highest BCUT2D eigenvalue weighted by atomic mass is 32.2. The first kappa shape index (κ1) is 41.6. The van der Waals surface area contributed by atoms with Crippen molar-refractivity contribution in [1.82, 2.24) is 25.2 Å². The van der Waals surface area contributed by atoms with Crippen LogP contribution in [0.5, 0.6) is 11.5 Å². The topological polar surface area (TPSA) is 182 Å². The third-order valence-corrected chi connectivity index (χ3v) is 14.9. The molecular weight excluding hydrogens is 777 g/mol. The number of alkyl halides is 2. The van der Waals surface area contributed by atoms with Crippen LogP contribution < -0.4 is 24.8 Å². The standard InChI is InChI=1S/C41H53F2N5O9S/c1-23(2)24(3)56-38(52)45-30-12-10-8-6-7-9-11-25-20-41(25,37(51)47-58(53,54)39(4)17-18-39)46-35(49)31-21-40(22-48(31)36(30)50)16-15-27-28-19-26(55-5)13-14-29(28)44-32(34(42)43)33(27)57-40/h9,11,13-14,19,23-25,30-31,34H,6-8,10,12,15-18,20-22H2,1-5H3,(H,45,52)(H,46,49)(H,47,51)/b11-9-/t24?,25-,30+,31+,40-,41-/m1/s1. The number of aromatic nitrogens is 1. The Hall–Kier alpha value is -4.54. The van der Waals surface area contributed by atoms with E-state index in [1.807, 2.05) is 26.0 Å². The number of ether oxygens (including phenoxy) is 3. The summed E-state index contributed by atoms with van der Waals surface area (Å²) in [6.45, 7) is 6.89. The number of pyridine rings is 1. The Balaban J connectivity index is 1.25. The van der Waals surface area contributed by atoms with Gasteiger partial charge in [-0.1, -0.05) is 38.8 Å². The van der Waals surface area contributed by atoms with Crippen LogP contribution >= 0.6 is 0 Å². The molecular formula is C41H53F2N5O9S. The number of aryl methyl sites for hydroxylation is 1. The van der Waals surface area contributed by atoms with Crippen LogP contribution in [0.4, 0.5) is 13.6 Å². The minimum absolute atomic E-state index is 0.00370. The summed E-state index contributed by atoms with van der Waals surface area (Å²) in [6.07, 6.45) is 3.59. The first-order chi connectivity index (χ1) is 27.4. The third-order valence-electron chi connectivity index (χ3n) is 12.8. The van der Waals surface area contributed by atoms with Crippen molar-refractivity contribution in [2.45, 2.75) is 139 Å². The van der Waals surface area contributed by atoms with Gasteiger partial charge in [-0.25, -0.2) is 27.0 Å². The van der Waals surface area contributed by atoms with Gasteiger partial charge in [-0.2, -0.15) is 0 Å². The van der Waals surface area contributed by atoms with Gasteiger partial charge in [-0.05, 0) is 89.3 Å². The molecule has 14 nitrogen and oxygen atoms in total. The smallest absolute Gasteiger partial charge is 0.408 e. The number of halogens is 2. The summed E-state index contributed by atoms with van der Waals surface area (Å²) >= 11 is 0. The number of nitrogens with zero attached hydrogens (tertiary/aromatic N) is 2. The second-order valence-electron chi connectivity index (χ2n) is 17.2. The third kappa shape index (κ3) is 7.94. The van der Waals surface area contributed by atoms with E-state index in [0.29, 0.717) is 54.3 Å². The molecule has 3 N–H and O–H groups in total. The number of hydrogen-bond donors (Lipinski definition) is 3. The molecule has 1 aromatic carbocycles. The molecule has 4 heterocycles. The van der Waals surface area contributed by atoms with E-state index in [0.717, 1.165) is 6.42 Å². The summed E-state index contributed by atoms with van der Waals surface area (Å²) in [5.41, 5.74) is -2.68. The van der Waals surface area contributed by atoms with E-state index >= 15 is 0 Å². The van der Waals surface area contributed by atoms with E-state index in [1.54, 1.807) is 32.0 Å². The van der Waals surface area contributed by atoms with Gasteiger partial charge in [-0.3, -0.25) is 19.1 Å². The van der Waals surface area contributed by atoms with Crippen molar-refractivity contribution in [2.24, 2.45) is 11.8 Å². The van der Waals surface area contributed by atoms with Gasteiger partial charge in [0.1, 0.15) is 40.8 Å². The van der Waals surface area contributed by atoms with Crippen molar-refractivity contribution >= 4 is 44.7 Å². The van der Waals surface area contributed by atoms with Crippen LogP contribution in [-0.4, -0.2) is 89.8 Å². The fraction of sp³-hybridized carbons (Fsp3) is 0.634. The summed E-state index contributed by atoms with van der Waals surface area (Å²) in [4.78, 5) is 62.2. The molecule has 3 aliphatic heterocycles. The Morgan fingerprint density at radius 3 is 2.53 bits per heavy atom. The molecule has 1 unspecified atom stereocenters. The maximum Gasteiger partial charge on any atom is 0.408 e. The highest BCUT2D eigenvalue weighted by Crippen LogP contribution is 2.50. The summed E-state index contributed by atoms with van der Waals surface area (Å²) in [7, 11) is -2.56. The molecule has 2 aliphatic carbocycles. The molecule has 1 spiro atoms. The number of methoxy groups -OCH3 is 1. The van der Waals surface area contributed by atoms with Crippen molar-refractivity contribution in [2.75, 3.05) is 13.7 Å². The van der Waals surface area contributed by atoms with E-state index in [-0.39, 0.29) is 50.3 Å². The Morgan fingerprint density at radius 2 is 1.84 bits per heavy atom. The van der Waals surface area contributed by atoms with Crippen molar-refractivity contribution in [3.8, 4) is 11.5 Å². The monoisotopic (exact) mass is 829 g/mol. The number of amides is 4. The highest BCUT2D eigenvalue weighted by molar-refractivity contribution is 7.91. The van der Waals surface area contributed by atoms with Gasteiger partial charge in [-0.15, -0.1) is 0 Å². The minimum Gasteiger partial charge on any atom is -0.497 e. The largest absolute Gasteiger partial charge is 0.497 e. The van der Waals surface area contributed by atoms with Crippen LogP contribution in [0, 0.1) is 11.8 Å². The number of fused-ring (bicyclic) bond motifs is 5. The lowest BCUT2D eigenvalue weighted by Gasteiger charge is -2.37. The van der Waals surface area contributed by atoms with E-state index in [9.17, 15) is 36.4 Å². The molecule has 1 saturated heterocycles. The number of nitrogens with one attached hydrogen (secondary N) is 3. The second kappa shape index (κ2) is 15.6. The molecule has 17 heteroatoms. The number of carbonyl (C=O) groups is 4. The van der Waals surface area contributed by atoms with Crippen LogP contribution in [-0.2, 0) is 35.6 Å². The molecule has 0 bridgehead atoms. The van der Waals surface area contributed by atoms with E-state index < -0.39 is 85.9 Å². The molecule has 1 aromatic heterocycles. The average molecular weight is 830 g/mol. The Bertz CT molecular complexity index is 2130. The predicted octanol–water partition coefficient (Wildman–Crippen LogP) is 5.38. The molecule has 0 radical (unpaired) electrons. The van der Waals surface area contributed by atoms with Crippen molar-refractivity contribution in [3.05, 3.63) is 41.6 Å². The summed E-state index contributed by atoms with van der Waals surface area (Å²) in [5.74, 6) is -2.33. The van der Waals surface area contributed by atoms with Crippen LogP contribution in [0.1, 0.15) is 110 Å². The highest BCUT2D eigenvalue weighted by Gasteiger charge is 2.64. The number of allylic oxidation sites excluding steroid dienone is 1. The Kier molecular flexibility index (Phi) is 11.2. The molecule has 58 heavy (non-hydrogen) atoms. The number of hydrogen-bond acceptors (Lipinski definition) is 10. The lowest BCUT2D eigenvalue weighted by molar-refractivity contribution is -0.141. The van der Waals surface area contributed by atoms with Gasteiger partial charge in [0.2, 0.25) is 21.8 Å². The molecule has 6 atom stereocenters. The number of alkyl carbamates (subject to hydrolysis) is 1. The maximum atomic E-state index is 14.8. The zero-order valence-electron chi connectivity index (χ0n) is 33.6. The SMILES string of the molecule is COc1ccc2nc(C(F)F)c3c(c2c1)CC[C@]1(C[C@H]2C(=O)N[C@]4(C(=O)NS(=O)(=O)C5(C)CC5)C[C@H]4/C=C\CCCCC[C@H](NC(=O)OC(C)C(C)C)C(=O)N2C1)O3. The Labute approximate surface area is 337 Å². The molecule has 5 aliphatic rings. The van der Waals surface area contributed by atoms with Crippen LogP contribution in [0.15, 0.2) is 30.4 Å². The molecule has 7 rings (SSSR count). The zero-order chi connectivity index (χ0) is 41.8. The lowest BCUT2D eigenvalue weighted by Crippen LogP contribution is -2.58. The van der Waals surface area contributed by atoms with Crippen LogP contribution in [0.25, 0.3) is 10.9 Å². The molecule has 316 valence electrons. The number of carbonyl (C=O) groups excluding carboxylic acids is 4. The number of rotatable bonds is 8. The number of sulfonamides is 1. The normalized spacial score (nSPS) is 29.2. The molecule has 4 amide bonds. The van der Waals surface area contributed by atoms with E-state index in [1.165, 1.54) is 12.0 Å². The minimum atomic E-state index is -4.06. The second-order valence-corrected chi connectivity index (χ2v) is 19.4. The fourth-order valence-corrected chi connectivity index (χ4v) is 9.60. The van der Waals surface area contributed by atoms with Gasteiger partial charge in [0, 0.05) is 23.3 Å². The van der Waals surface area contributed by atoms with E-state index in [4.69, 9.17) is 14.2 Å². The van der Waals surface area contributed by atoms with Gasteiger partial charge in [0.15, 0.2) is 5.75 Å². The van der Waals surface area contributed by atoms with Gasteiger partial charge >= 0.3 is 6.09 Å². The first-order valence-corrected chi connectivity index (χ1v) is 21.7. The lowest BCUT2D eigenvalue weighted by atomic mass is 9.87. The summed E-state index contributed by atoms with van der Waals surface area (Å²) in [5, 5.41) is 6.16. The molecule has 2 saturated carbocycles. The zero-order valence-corrected chi connectivity index (χ0v) is 34.4. The van der Waals surface area contributed by atoms with Gasteiger partial charge in [0.25, 0.3) is 12.3 Å². The summed E-state index contributed by atoms with van der Waals surface area (Å²) in [6, 6.07) is 2.54. The molecule has 2 aromatic rings. The van der Waals surface area contributed by atoms with Crippen molar-refractivity contribution in [1.29, 1.82) is 0 Å². The first-order valence-electron chi connectivity index (χ1n) is 20.2. The van der Waals surface area contributed by atoms with Gasteiger partial charge < -0.3 is 29.7 Å². The van der Waals surface area contributed by atoms with Crippen molar-refractivity contribution < 1.29 is 50.6 Å². The average Bonchev–Trinajstić information content (AvgIpc) is 4.07. The maximum absolute atomic E-state index is 14.8. The van der Waals surface area contributed by atoms with Crippen molar-refractivity contribution in [3.63, 3.8) is 0 Å². The Morgan fingerprint density at radius 1 is 1.09 bits per heavy atom. The fourth-order valence-electron chi connectivity index (χ4n) is 8.29. The summed E-state index contributed by atoms with van der Waals surface area (Å²) < 4.78 is 74.6. The van der Waals surface area contributed by atoms with Crippen LogP contribution in [0.3, 0.4) is 0 Å². The number of benzene rings is 1. The molecule has 3 fully saturated rings. The quantitative estimate of drug-likeness (QED) is 0.293.